The highest BCUT2D eigenvalue weighted by Gasteiger charge is 2.04. The van der Waals surface area contributed by atoms with Crippen molar-refractivity contribution in [3.8, 4) is 0 Å². The molecule has 0 radical (unpaired) electrons. The van der Waals surface area contributed by atoms with Crippen molar-refractivity contribution in [2.24, 2.45) is 0 Å². The van der Waals surface area contributed by atoms with Crippen molar-refractivity contribution in [3.05, 3.63) is 66.8 Å². The van der Waals surface area contributed by atoms with Crippen LogP contribution >= 0.6 is 27.3 Å². The summed E-state index contributed by atoms with van der Waals surface area (Å²) in [6.07, 6.45) is 3.20. The average molecular weight is 367 g/mol. The molecular formula is C14H11BrN2O3S. The molecule has 0 saturated heterocycles. The Morgan fingerprint density at radius 3 is 2.57 bits per heavy atom. The first kappa shape index (κ1) is 15.4. The summed E-state index contributed by atoms with van der Waals surface area (Å²) in [6.45, 7) is 0.329. The van der Waals surface area contributed by atoms with Crippen LogP contribution in [0.1, 0.15) is 10.4 Å². The van der Waals surface area contributed by atoms with Gasteiger partial charge in [-0.3, -0.25) is 14.9 Å². The molecule has 1 heterocycles. The third-order valence-corrected chi connectivity index (χ3v) is 4.20. The van der Waals surface area contributed by atoms with Crippen molar-refractivity contribution in [1.82, 2.24) is 5.32 Å². The van der Waals surface area contributed by atoms with Crippen LogP contribution in [0.2, 0.25) is 0 Å². The molecule has 0 bridgehead atoms. The van der Waals surface area contributed by atoms with Gasteiger partial charge in [0.1, 0.15) is 0 Å². The van der Waals surface area contributed by atoms with Crippen molar-refractivity contribution in [2.45, 2.75) is 6.54 Å². The Hall–Kier alpha value is -1.99. The van der Waals surface area contributed by atoms with E-state index < -0.39 is 4.92 Å². The molecule has 0 spiro atoms. The molecule has 0 aliphatic heterocycles. The van der Waals surface area contributed by atoms with Crippen LogP contribution in [0, 0.1) is 10.1 Å². The number of carbonyl (C=O) groups excluding carboxylic acids is 1. The lowest BCUT2D eigenvalue weighted by atomic mass is 10.2. The van der Waals surface area contributed by atoms with Crippen LogP contribution in [0.25, 0.3) is 6.08 Å². The molecule has 0 unspecified atom stereocenters. The second kappa shape index (κ2) is 7.14. The Labute approximate surface area is 133 Å². The third kappa shape index (κ3) is 4.80. The minimum Gasteiger partial charge on any atom is -0.348 e. The number of halogens is 1. The number of nitro groups is 1. The summed E-state index contributed by atoms with van der Waals surface area (Å²) in [6, 6.07) is 9.91. The average Bonchev–Trinajstić information content (AvgIpc) is 2.89. The summed E-state index contributed by atoms with van der Waals surface area (Å²) in [5.41, 5.74) is 0.842. The van der Waals surface area contributed by atoms with E-state index in [0.717, 1.165) is 14.2 Å². The van der Waals surface area contributed by atoms with Crippen molar-refractivity contribution in [3.63, 3.8) is 0 Å². The number of rotatable bonds is 5. The number of carbonyl (C=O) groups is 1. The normalized spacial score (nSPS) is 10.7. The second-order valence-corrected chi connectivity index (χ2v) is 6.61. The first-order valence-electron chi connectivity index (χ1n) is 5.99. The molecule has 2 aromatic rings. The van der Waals surface area contributed by atoms with E-state index in [1.54, 1.807) is 18.2 Å². The summed E-state index contributed by atoms with van der Waals surface area (Å²) >= 11 is 4.89. The zero-order valence-electron chi connectivity index (χ0n) is 10.8. The van der Waals surface area contributed by atoms with Crippen LogP contribution in [0.3, 0.4) is 0 Å². The van der Waals surface area contributed by atoms with Crippen LogP contribution in [-0.2, 0) is 11.3 Å². The molecule has 5 nitrogen and oxygen atoms in total. The predicted molar refractivity (Wildman–Crippen MR) is 86.0 cm³/mol. The standard InChI is InChI=1S/C14H11BrN2O3S/c15-13-7-5-12(21-13)6-8-14(18)16-9-10-1-3-11(4-2-10)17(19)20/h1-8H,9H2,(H,16,18)/b8-6+. The minimum absolute atomic E-state index is 0.0354. The van der Waals surface area contributed by atoms with Crippen LogP contribution in [0.15, 0.2) is 46.3 Å². The smallest absolute Gasteiger partial charge is 0.269 e. The number of nitrogens with zero attached hydrogens (tertiary/aromatic N) is 1. The highest BCUT2D eigenvalue weighted by Crippen LogP contribution is 2.22. The van der Waals surface area contributed by atoms with E-state index in [0.29, 0.717) is 6.54 Å². The number of nitro benzene ring substituents is 1. The summed E-state index contributed by atoms with van der Waals surface area (Å²) < 4.78 is 1.01. The van der Waals surface area contributed by atoms with Gasteiger partial charge in [0.2, 0.25) is 5.91 Å². The topological polar surface area (TPSA) is 72.2 Å². The van der Waals surface area contributed by atoms with Crippen molar-refractivity contribution in [1.29, 1.82) is 0 Å². The van der Waals surface area contributed by atoms with E-state index in [2.05, 4.69) is 21.2 Å². The van der Waals surface area contributed by atoms with Crippen molar-refractivity contribution in [2.75, 3.05) is 0 Å². The van der Waals surface area contributed by atoms with E-state index in [1.807, 2.05) is 12.1 Å². The monoisotopic (exact) mass is 366 g/mol. The van der Waals surface area contributed by atoms with Gasteiger partial charge in [0.05, 0.1) is 8.71 Å². The first-order valence-corrected chi connectivity index (χ1v) is 7.60. The molecular weight excluding hydrogens is 356 g/mol. The second-order valence-electron chi connectivity index (χ2n) is 4.12. The van der Waals surface area contributed by atoms with E-state index >= 15 is 0 Å². The number of hydrogen-bond acceptors (Lipinski definition) is 4. The Balaban J connectivity index is 1.86. The molecule has 0 aliphatic carbocycles. The van der Waals surface area contributed by atoms with E-state index in [4.69, 9.17) is 0 Å². The molecule has 0 fully saturated rings. The molecule has 1 amide bonds. The SMILES string of the molecule is O=C(/C=C/c1ccc(Br)s1)NCc1ccc([N+](=O)[O-])cc1. The maximum Gasteiger partial charge on any atom is 0.269 e. The molecule has 1 N–H and O–H groups in total. The van der Waals surface area contributed by atoms with Crippen LogP contribution in [-0.4, -0.2) is 10.8 Å². The van der Waals surface area contributed by atoms with E-state index in [-0.39, 0.29) is 11.6 Å². The number of non-ortho nitro benzene ring substituents is 1. The molecule has 21 heavy (non-hydrogen) atoms. The molecule has 0 atom stereocenters. The van der Waals surface area contributed by atoms with Gasteiger partial charge in [0.15, 0.2) is 0 Å². The lowest BCUT2D eigenvalue weighted by Gasteiger charge is -2.02. The molecule has 1 aromatic heterocycles. The Morgan fingerprint density at radius 1 is 1.29 bits per heavy atom. The van der Waals surface area contributed by atoms with Crippen LogP contribution in [0.4, 0.5) is 5.69 Å². The van der Waals surface area contributed by atoms with Gasteiger partial charge in [-0.05, 0) is 39.7 Å². The molecule has 2 rings (SSSR count). The molecule has 0 saturated carbocycles. The fourth-order valence-corrected chi connectivity index (χ4v) is 2.89. The highest BCUT2D eigenvalue weighted by molar-refractivity contribution is 9.11. The van der Waals surface area contributed by atoms with E-state index in [1.165, 1.54) is 29.5 Å². The minimum atomic E-state index is -0.454. The Bertz CT molecular complexity index is 680. The van der Waals surface area contributed by atoms with Crippen molar-refractivity contribution >= 4 is 44.9 Å². The largest absolute Gasteiger partial charge is 0.348 e. The Kier molecular flexibility index (Phi) is 5.24. The van der Waals surface area contributed by atoms with Gasteiger partial charge in [-0.2, -0.15) is 0 Å². The van der Waals surface area contributed by atoms with Gasteiger partial charge < -0.3 is 5.32 Å². The molecule has 7 heteroatoms. The summed E-state index contributed by atoms with van der Waals surface area (Å²) in [4.78, 5) is 22.7. The number of thiophene rings is 1. The fraction of sp³-hybridized carbons (Fsp3) is 0.0714. The number of nitrogens with one attached hydrogen (secondary N) is 1. The molecule has 108 valence electrons. The lowest BCUT2D eigenvalue weighted by molar-refractivity contribution is -0.384. The predicted octanol–water partition coefficient (Wildman–Crippen LogP) is 3.75. The number of benzene rings is 1. The lowest BCUT2D eigenvalue weighted by Crippen LogP contribution is -2.20. The van der Waals surface area contributed by atoms with Crippen molar-refractivity contribution < 1.29 is 9.72 Å². The number of amides is 1. The first-order chi connectivity index (χ1) is 10.0. The van der Waals surface area contributed by atoms with Gasteiger partial charge in [0.25, 0.3) is 5.69 Å². The van der Waals surface area contributed by atoms with Gasteiger partial charge in [0, 0.05) is 29.6 Å². The van der Waals surface area contributed by atoms with E-state index in [9.17, 15) is 14.9 Å². The van der Waals surface area contributed by atoms with Gasteiger partial charge >= 0.3 is 0 Å². The molecule has 1 aromatic carbocycles. The zero-order chi connectivity index (χ0) is 15.2. The highest BCUT2D eigenvalue weighted by atomic mass is 79.9. The Morgan fingerprint density at radius 2 is 2.00 bits per heavy atom. The summed E-state index contributed by atoms with van der Waals surface area (Å²) in [5, 5.41) is 13.2. The maximum atomic E-state index is 11.7. The van der Waals surface area contributed by atoms with Gasteiger partial charge in [-0.25, -0.2) is 0 Å². The maximum absolute atomic E-state index is 11.7. The summed E-state index contributed by atoms with van der Waals surface area (Å²) in [7, 11) is 0. The summed E-state index contributed by atoms with van der Waals surface area (Å²) in [5.74, 6) is -0.210. The van der Waals surface area contributed by atoms with Gasteiger partial charge in [-0.15, -0.1) is 11.3 Å². The van der Waals surface area contributed by atoms with Gasteiger partial charge in [-0.1, -0.05) is 12.1 Å². The quantitative estimate of drug-likeness (QED) is 0.497. The van der Waals surface area contributed by atoms with Crippen LogP contribution in [0.5, 0.6) is 0 Å². The zero-order valence-corrected chi connectivity index (χ0v) is 13.2. The van der Waals surface area contributed by atoms with Crippen LogP contribution < -0.4 is 5.32 Å². The fourth-order valence-electron chi connectivity index (χ4n) is 1.56. The third-order valence-electron chi connectivity index (χ3n) is 2.61. The molecule has 0 aliphatic rings. The number of hydrogen-bond donors (Lipinski definition) is 1.